The van der Waals surface area contributed by atoms with E-state index in [9.17, 15) is 9.59 Å². The summed E-state index contributed by atoms with van der Waals surface area (Å²) in [7, 11) is 1.50. The van der Waals surface area contributed by atoms with E-state index < -0.39 is 0 Å². The summed E-state index contributed by atoms with van der Waals surface area (Å²) < 4.78 is 12.5. The number of anilines is 1. The third-order valence-corrected chi connectivity index (χ3v) is 5.89. The lowest BCUT2D eigenvalue weighted by Gasteiger charge is -2.28. The first-order valence-electron chi connectivity index (χ1n) is 10.7. The molecule has 0 bridgehead atoms. The van der Waals surface area contributed by atoms with Crippen molar-refractivity contribution in [2.75, 3.05) is 38.3 Å². The summed E-state index contributed by atoms with van der Waals surface area (Å²) in [4.78, 5) is 27.8. The number of carbonyl (C=O) groups excluding carboxylic acids is 1. The van der Waals surface area contributed by atoms with Gasteiger partial charge in [0.05, 0.1) is 20.3 Å². The van der Waals surface area contributed by atoms with Gasteiger partial charge in [0.15, 0.2) is 0 Å². The molecule has 0 saturated carbocycles. The average molecular weight is 412 g/mol. The van der Waals surface area contributed by atoms with Gasteiger partial charge in [-0.2, -0.15) is 0 Å². The van der Waals surface area contributed by atoms with Crippen LogP contribution < -0.4 is 20.5 Å². The number of ether oxygens (including phenoxy) is 2. The number of hydrogen-bond donors (Lipinski definition) is 1. The number of methoxy groups -OCH3 is 1. The molecule has 160 valence electrons. The van der Waals surface area contributed by atoms with Crippen LogP contribution in [0, 0.1) is 0 Å². The number of aromatic nitrogens is 1. The number of nitrogens with zero attached hydrogens (tertiary/aromatic N) is 2. The minimum absolute atomic E-state index is 0.0981. The van der Waals surface area contributed by atoms with Crippen molar-refractivity contribution in [3.05, 3.63) is 57.5 Å². The quantitative estimate of drug-likeness (QED) is 0.818. The van der Waals surface area contributed by atoms with Crippen molar-refractivity contribution in [2.45, 2.75) is 38.8 Å². The molecule has 1 amide bonds. The molecule has 1 fully saturated rings. The molecular formula is C23H29N3O4. The standard InChI is InChI=1S/C23H29N3O4/c1-29-20-15-21(27)26-10-4-2-3-5-19(26)22(20)23(28)24-16-17-6-8-18(9-7-17)25-11-13-30-14-12-25/h6-9,15H,2-5,10-14,16H2,1H3,(H,24,28). The van der Waals surface area contributed by atoms with Crippen molar-refractivity contribution in [3.63, 3.8) is 0 Å². The molecule has 0 aliphatic carbocycles. The highest BCUT2D eigenvalue weighted by molar-refractivity contribution is 5.98. The number of rotatable bonds is 5. The Hall–Kier alpha value is -2.80. The van der Waals surface area contributed by atoms with E-state index >= 15 is 0 Å². The molecule has 2 aromatic rings. The highest BCUT2D eigenvalue weighted by Crippen LogP contribution is 2.25. The second-order valence-corrected chi connectivity index (χ2v) is 7.78. The Labute approximate surface area is 176 Å². The van der Waals surface area contributed by atoms with Crippen LogP contribution in [-0.2, 0) is 24.2 Å². The van der Waals surface area contributed by atoms with Gasteiger partial charge < -0.3 is 24.3 Å². The van der Waals surface area contributed by atoms with Gasteiger partial charge in [0.1, 0.15) is 11.3 Å². The molecule has 7 nitrogen and oxygen atoms in total. The first-order valence-corrected chi connectivity index (χ1v) is 10.7. The molecule has 0 unspecified atom stereocenters. The molecule has 30 heavy (non-hydrogen) atoms. The van der Waals surface area contributed by atoms with Crippen LogP contribution in [0.5, 0.6) is 5.75 Å². The molecule has 2 aliphatic rings. The van der Waals surface area contributed by atoms with E-state index in [0.717, 1.165) is 56.8 Å². The maximum Gasteiger partial charge on any atom is 0.257 e. The molecule has 2 aliphatic heterocycles. The van der Waals surface area contributed by atoms with Crippen LogP contribution in [0.4, 0.5) is 5.69 Å². The van der Waals surface area contributed by atoms with Crippen LogP contribution in [0.15, 0.2) is 35.1 Å². The lowest BCUT2D eigenvalue weighted by atomic mass is 10.1. The highest BCUT2D eigenvalue weighted by atomic mass is 16.5. The maximum absolute atomic E-state index is 13.1. The Morgan fingerprint density at radius 1 is 1.10 bits per heavy atom. The number of fused-ring (bicyclic) bond motifs is 1. The topological polar surface area (TPSA) is 72.8 Å². The predicted octanol–water partition coefficient (Wildman–Crippen LogP) is 2.35. The average Bonchev–Trinajstić information content (AvgIpc) is 3.05. The second-order valence-electron chi connectivity index (χ2n) is 7.78. The van der Waals surface area contributed by atoms with E-state index in [1.54, 1.807) is 4.57 Å². The van der Waals surface area contributed by atoms with Gasteiger partial charge in [0, 0.05) is 43.6 Å². The summed E-state index contributed by atoms with van der Waals surface area (Å²) in [5, 5.41) is 3.01. The van der Waals surface area contributed by atoms with Crippen LogP contribution in [0.2, 0.25) is 0 Å². The number of benzene rings is 1. The molecule has 1 aromatic heterocycles. The van der Waals surface area contributed by atoms with Crippen LogP contribution >= 0.6 is 0 Å². The molecular weight excluding hydrogens is 382 g/mol. The van der Waals surface area contributed by atoms with Gasteiger partial charge in [0.25, 0.3) is 11.5 Å². The summed E-state index contributed by atoms with van der Waals surface area (Å²) in [5.41, 5.74) is 3.38. The third kappa shape index (κ3) is 4.36. The Kier molecular flexibility index (Phi) is 6.38. The normalized spacial score (nSPS) is 16.5. The number of hydrogen-bond acceptors (Lipinski definition) is 5. The zero-order valence-electron chi connectivity index (χ0n) is 17.5. The monoisotopic (exact) mass is 411 g/mol. The van der Waals surface area contributed by atoms with Gasteiger partial charge in [-0.25, -0.2) is 0 Å². The van der Waals surface area contributed by atoms with E-state index in [1.807, 2.05) is 12.1 Å². The van der Waals surface area contributed by atoms with Gasteiger partial charge in [-0.3, -0.25) is 9.59 Å². The van der Waals surface area contributed by atoms with Gasteiger partial charge in [-0.05, 0) is 37.0 Å². The Morgan fingerprint density at radius 3 is 2.60 bits per heavy atom. The van der Waals surface area contributed by atoms with Gasteiger partial charge in [-0.1, -0.05) is 18.6 Å². The van der Waals surface area contributed by atoms with Crippen LogP contribution in [-0.4, -0.2) is 43.9 Å². The van der Waals surface area contributed by atoms with Gasteiger partial charge in [0.2, 0.25) is 0 Å². The fourth-order valence-corrected chi connectivity index (χ4v) is 4.24. The minimum Gasteiger partial charge on any atom is -0.496 e. The Bertz CT molecular complexity index is 946. The van der Waals surface area contributed by atoms with Crippen molar-refractivity contribution < 1.29 is 14.3 Å². The lowest BCUT2D eigenvalue weighted by Crippen LogP contribution is -2.36. The zero-order valence-corrected chi connectivity index (χ0v) is 17.5. The van der Waals surface area contributed by atoms with E-state index in [1.165, 1.54) is 18.9 Å². The van der Waals surface area contributed by atoms with Gasteiger partial charge in [-0.15, -0.1) is 0 Å². The minimum atomic E-state index is -0.199. The van der Waals surface area contributed by atoms with E-state index in [2.05, 4.69) is 22.3 Å². The Morgan fingerprint density at radius 2 is 1.87 bits per heavy atom. The summed E-state index contributed by atoms with van der Waals surface area (Å²) in [5.74, 6) is 0.156. The number of carbonyl (C=O) groups is 1. The van der Waals surface area contributed by atoms with Crippen molar-refractivity contribution in [1.29, 1.82) is 0 Å². The molecule has 0 spiro atoms. The van der Waals surface area contributed by atoms with Crippen LogP contribution in [0.25, 0.3) is 0 Å². The second kappa shape index (κ2) is 9.34. The van der Waals surface area contributed by atoms with Crippen molar-refractivity contribution >= 4 is 11.6 Å². The number of pyridine rings is 1. The summed E-state index contributed by atoms with van der Waals surface area (Å²) in [6.45, 7) is 4.38. The third-order valence-electron chi connectivity index (χ3n) is 5.89. The smallest absolute Gasteiger partial charge is 0.257 e. The summed E-state index contributed by atoms with van der Waals surface area (Å²) >= 11 is 0. The zero-order chi connectivity index (χ0) is 20.9. The van der Waals surface area contributed by atoms with Crippen molar-refractivity contribution in [2.24, 2.45) is 0 Å². The summed E-state index contributed by atoms with van der Waals surface area (Å²) in [6.07, 6.45) is 3.69. The fourth-order valence-electron chi connectivity index (χ4n) is 4.24. The summed E-state index contributed by atoms with van der Waals surface area (Å²) in [6, 6.07) is 9.68. The molecule has 0 atom stereocenters. The number of morpholine rings is 1. The van der Waals surface area contributed by atoms with E-state index in [-0.39, 0.29) is 11.5 Å². The fraction of sp³-hybridized carbons (Fsp3) is 0.478. The van der Waals surface area contributed by atoms with Crippen LogP contribution in [0.3, 0.4) is 0 Å². The molecule has 7 heteroatoms. The predicted molar refractivity (Wildman–Crippen MR) is 115 cm³/mol. The van der Waals surface area contributed by atoms with E-state index in [4.69, 9.17) is 9.47 Å². The van der Waals surface area contributed by atoms with E-state index in [0.29, 0.717) is 30.8 Å². The van der Waals surface area contributed by atoms with Crippen molar-refractivity contribution in [3.8, 4) is 5.75 Å². The molecule has 1 aromatic carbocycles. The molecule has 1 saturated heterocycles. The first kappa shape index (κ1) is 20.5. The molecule has 4 rings (SSSR count). The highest BCUT2D eigenvalue weighted by Gasteiger charge is 2.23. The number of nitrogens with one attached hydrogen (secondary N) is 1. The molecule has 3 heterocycles. The molecule has 1 N–H and O–H groups in total. The first-order chi connectivity index (χ1) is 14.7. The van der Waals surface area contributed by atoms with Crippen LogP contribution in [0.1, 0.15) is 40.9 Å². The Balaban J connectivity index is 1.49. The molecule has 0 radical (unpaired) electrons. The largest absolute Gasteiger partial charge is 0.496 e. The number of amides is 1. The maximum atomic E-state index is 13.1. The van der Waals surface area contributed by atoms with Crippen molar-refractivity contribution in [1.82, 2.24) is 9.88 Å². The van der Waals surface area contributed by atoms with Gasteiger partial charge >= 0.3 is 0 Å². The lowest BCUT2D eigenvalue weighted by molar-refractivity contribution is 0.0945. The SMILES string of the molecule is COc1cc(=O)n2c(c1C(=O)NCc1ccc(N3CCOCC3)cc1)CCCCC2.